The number of guanidine groups is 1. The summed E-state index contributed by atoms with van der Waals surface area (Å²) in [5.74, 6) is 0.543. The molecule has 0 amide bonds. The highest BCUT2D eigenvalue weighted by Crippen LogP contribution is 2.17. The Morgan fingerprint density at radius 1 is 1.09 bits per heavy atom. The van der Waals surface area contributed by atoms with Gasteiger partial charge in [0.25, 0.3) is 0 Å². The minimum absolute atomic E-state index is 0.0773. The number of halogens is 3. The first kappa shape index (κ1) is 23.1. The van der Waals surface area contributed by atoms with Crippen LogP contribution in [0.15, 0.2) is 66.0 Å². The lowest BCUT2D eigenvalue weighted by molar-refractivity contribution is -0.154. The van der Waals surface area contributed by atoms with Crippen molar-refractivity contribution in [2.24, 2.45) is 4.99 Å². The van der Waals surface area contributed by atoms with E-state index in [1.807, 2.05) is 31.3 Å². The molecule has 0 spiro atoms. The van der Waals surface area contributed by atoms with Crippen molar-refractivity contribution in [2.75, 3.05) is 19.7 Å². The number of hydrogen-bond donors (Lipinski definition) is 2. The van der Waals surface area contributed by atoms with Gasteiger partial charge in [-0.25, -0.2) is 14.7 Å². The molecule has 3 aromatic rings. The van der Waals surface area contributed by atoms with E-state index in [-0.39, 0.29) is 12.4 Å². The van der Waals surface area contributed by atoms with Crippen LogP contribution in [-0.2, 0) is 13.0 Å². The minimum Gasteiger partial charge on any atom is -0.468 e. The van der Waals surface area contributed by atoms with E-state index in [1.165, 1.54) is 17.8 Å². The number of nitrogens with zero attached hydrogens (tertiary/aromatic N) is 4. The molecule has 0 saturated carbocycles. The number of aliphatic imine (C=N–C) groups is 1. The first-order valence-electron chi connectivity index (χ1n) is 10.2. The summed E-state index contributed by atoms with van der Waals surface area (Å²) in [6, 6.07) is 13.2. The molecule has 0 radical (unpaired) electrons. The summed E-state index contributed by atoms with van der Waals surface area (Å²) in [6.07, 6.45) is 1.43. The first-order valence-corrected chi connectivity index (χ1v) is 10.2. The quantitative estimate of drug-likeness (QED) is 0.389. The Bertz CT molecular complexity index is 988. The van der Waals surface area contributed by atoms with E-state index in [0.29, 0.717) is 24.6 Å². The van der Waals surface area contributed by atoms with E-state index in [9.17, 15) is 13.2 Å². The zero-order valence-corrected chi connectivity index (χ0v) is 17.6. The van der Waals surface area contributed by atoms with Gasteiger partial charge in [-0.15, -0.1) is 0 Å². The second-order valence-corrected chi connectivity index (χ2v) is 6.90. The fourth-order valence-electron chi connectivity index (χ4n) is 2.86. The lowest BCUT2D eigenvalue weighted by Gasteiger charge is -2.12. The lowest BCUT2D eigenvalue weighted by Crippen LogP contribution is -2.38. The second-order valence-electron chi connectivity index (χ2n) is 6.90. The van der Waals surface area contributed by atoms with Crippen LogP contribution in [0.3, 0.4) is 0 Å². The van der Waals surface area contributed by atoms with Gasteiger partial charge < -0.3 is 15.4 Å². The van der Waals surface area contributed by atoms with Crippen LogP contribution in [0.1, 0.15) is 18.1 Å². The number of alkyl halides is 3. The Morgan fingerprint density at radius 3 is 2.59 bits per heavy atom. The summed E-state index contributed by atoms with van der Waals surface area (Å²) in [7, 11) is 0. The Morgan fingerprint density at radius 2 is 1.91 bits per heavy atom. The highest BCUT2D eigenvalue weighted by Gasteiger charge is 2.28. The van der Waals surface area contributed by atoms with Crippen molar-refractivity contribution in [3.63, 3.8) is 0 Å². The molecule has 0 aliphatic carbocycles. The summed E-state index contributed by atoms with van der Waals surface area (Å²) in [4.78, 5) is 8.29. The third-order valence-corrected chi connectivity index (χ3v) is 4.36. The number of nitrogens with one attached hydrogen (secondary N) is 2. The van der Waals surface area contributed by atoms with Gasteiger partial charge in [-0.2, -0.15) is 18.3 Å². The molecule has 10 heteroatoms. The lowest BCUT2D eigenvalue weighted by atomic mass is 10.1. The molecule has 170 valence electrons. The summed E-state index contributed by atoms with van der Waals surface area (Å²) in [5.41, 5.74) is 2.87. The van der Waals surface area contributed by atoms with Gasteiger partial charge >= 0.3 is 6.18 Å². The molecular formula is C22H25F3N6O. The maximum atomic E-state index is 12.3. The topological polar surface area (TPSA) is 76.4 Å². The Labute approximate surface area is 184 Å². The van der Waals surface area contributed by atoms with Gasteiger partial charge in [-0.3, -0.25) is 0 Å². The molecule has 7 nitrogen and oxygen atoms in total. The molecular weight excluding hydrogens is 421 g/mol. The van der Waals surface area contributed by atoms with Crippen LogP contribution >= 0.6 is 0 Å². The average Bonchev–Trinajstić information content (AvgIpc) is 3.31. The molecule has 0 atom stereocenters. The van der Waals surface area contributed by atoms with E-state index in [0.717, 1.165) is 12.1 Å². The number of aromatic nitrogens is 3. The van der Waals surface area contributed by atoms with E-state index in [1.54, 1.807) is 16.9 Å². The van der Waals surface area contributed by atoms with Gasteiger partial charge in [0.05, 0.1) is 12.2 Å². The minimum atomic E-state index is -4.41. The monoisotopic (exact) mass is 446 g/mol. The number of pyridine rings is 1. The molecule has 0 aliphatic rings. The number of ether oxygens (including phenoxy) is 1. The highest BCUT2D eigenvalue weighted by molar-refractivity contribution is 5.79. The van der Waals surface area contributed by atoms with Crippen LogP contribution in [0.4, 0.5) is 13.2 Å². The molecule has 2 heterocycles. The Hall–Kier alpha value is -3.56. The largest absolute Gasteiger partial charge is 0.468 e. The smallest absolute Gasteiger partial charge is 0.422 e. The summed E-state index contributed by atoms with van der Waals surface area (Å²) < 4.78 is 43.4. The van der Waals surface area contributed by atoms with E-state index >= 15 is 0 Å². The van der Waals surface area contributed by atoms with Crippen molar-refractivity contribution in [3.05, 3.63) is 72.2 Å². The van der Waals surface area contributed by atoms with Gasteiger partial charge in [0, 0.05) is 37.7 Å². The van der Waals surface area contributed by atoms with Gasteiger partial charge in [0.2, 0.25) is 5.88 Å². The number of benzene rings is 1. The van der Waals surface area contributed by atoms with Crippen molar-refractivity contribution < 1.29 is 17.9 Å². The van der Waals surface area contributed by atoms with Crippen LogP contribution in [0.25, 0.3) is 5.69 Å². The van der Waals surface area contributed by atoms with Crippen LogP contribution < -0.4 is 15.4 Å². The van der Waals surface area contributed by atoms with Gasteiger partial charge in [-0.1, -0.05) is 12.1 Å². The standard InChI is InChI=1S/C22H25F3N6O/c1-2-26-21(29-15-18-9-11-27-20(14-18)32-16-22(23,24)25)28-12-8-17-4-6-19(7-5-17)31-13-3-10-30-31/h3-7,9-11,13-14H,2,8,12,15-16H2,1H3,(H2,26,28,29). The van der Waals surface area contributed by atoms with Crippen LogP contribution in [0, 0.1) is 0 Å². The van der Waals surface area contributed by atoms with Gasteiger partial charge in [0.1, 0.15) is 0 Å². The summed E-state index contributed by atoms with van der Waals surface area (Å²) in [5, 5.41) is 10.6. The zero-order valence-electron chi connectivity index (χ0n) is 17.6. The molecule has 0 bridgehead atoms. The fourth-order valence-corrected chi connectivity index (χ4v) is 2.86. The van der Waals surface area contributed by atoms with Crippen molar-refractivity contribution >= 4 is 5.96 Å². The van der Waals surface area contributed by atoms with Crippen molar-refractivity contribution in [3.8, 4) is 11.6 Å². The van der Waals surface area contributed by atoms with E-state index < -0.39 is 12.8 Å². The third kappa shape index (κ3) is 7.60. The molecule has 0 saturated heterocycles. The molecule has 3 rings (SSSR count). The molecule has 0 aliphatic heterocycles. The van der Waals surface area contributed by atoms with Gasteiger partial charge in [-0.05, 0) is 48.7 Å². The second kappa shape index (κ2) is 11.2. The van der Waals surface area contributed by atoms with Crippen LogP contribution in [0.5, 0.6) is 5.88 Å². The van der Waals surface area contributed by atoms with Gasteiger partial charge in [0.15, 0.2) is 12.6 Å². The Balaban J connectivity index is 1.51. The van der Waals surface area contributed by atoms with E-state index in [2.05, 4.69) is 37.8 Å². The summed E-state index contributed by atoms with van der Waals surface area (Å²) >= 11 is 0. The predicted molar refractivity (Wildman–Crippen MR) is 116 cm³/mol. The highest BCUT2D eigenvalue weighted by atomic mass is 19.4. The summed E-state index contributed by atoms with van der Waals surface area (Å²) in [6.45, 7) is 2.21. The fraction of sp³-hybridized carbons (Fsp3) is 0.318. The van der Waals surface area contributed by atoms with Crippen molar-refractivity contribution in [1.29, 1.82) is 0 Å². The first-order chi connectivity index (χ1) is 15.4. The van der Waals surface area contributed by atoms with Crippen molar-refractivity contribution in [2.45, 2.75) is 26.1 Å². The zero-order chi connectivity index (χ0) is 22.8. The van der Waals surface area contributed by atoms with E-state index in [4.69, 9.17) is 4.74 Å². The van der Waals surface area contributed by atoms with Crippen LogP contribution in [0.2, 0.25) is 0 Å². The number of hydrogen-bond acceptors (Lipinski definition) is 4. The Kier molecular flexibility index (Phi) is 8.07. The molecule has 1 aromatic carbocycles. The molecule has 2 N–H and O–H groups in total. The van der Waals surface area contributed by atoms with Crippen LogP contribution in [-0.4, -0.2) is 46.6 Å². The molecule has 32 heavy (non-hydrogen) atoms. The van der Waals surface area contributed by atoms with Crippen molar-refractivity contribution in [1.82, 2.24) is 25.4 Å². The average molecular weight is 446 g/mol. The maximum absolute atomic E-state index is 12.3. The molecule has 2 aromatic heterocycles. The normalized spacial score (nSPS) is 11.9. The maximum Gasteiger partial charge on any atom is 0.422 e. The molecule has 0 fully saturated rings. The predicted octanol–water partition coefficient (Wildman–Crippen LogP) is 3.51. The third-order valence-electron chi connectivity index (χ3n) is 4.36. The number of rotatable bonds is 9. The SMILES string of the molecule is CCNC(=NCc1ccnc(OCC(F)(F)F)c1)NCCc1ccc(-n2cccn2)cc1. The molecule has 0 unspecified atom stereocenters.